The third-order valence-electron chi connectivity index (χ3n) is 5.49. The summed E-state index contributed by atoms with van der Waals surface area (Å²) in [6.45, 7) is 4.86. The normalized spacial score (nSPS) is 21.1. The largest absolute Gasteiger partial charge is 0.393 e. The molecule has 2 aromatic rings. The summed E-state index contributed by atoms with van der Waals surface area (Å²) in [5.41, 5.74) is 2.24. The third kappa shape index (κ3) is 5.18. The quantitative estimate of drug-likeness (QED) is 0.767. The number of hydrogen-bond acceptors (Lipinski definition) is 6. The Labute approximate surface area is 171 Å². The van der Waals surface area contributed by atoms with Crippen molar-refractivity contribution in [2.45, 2.75) is 52.1 Å². The van der Waals surface area contributed by atoms with Gasteiger partial charge in [-0.1, -0.05) is 25.4 Å². The molecule has 0 aromatic carbocycles. The van der Waals surface area contributed by atoms with Crippen LogP contribution in [0.5, 0.6) is 0 Å². The molecular formula is C21H26ClN5O. The van der Waals surface area contributed by atoms with Gasteiger partial charge in [0, 0.05) is 18.9 Å². The Hall–Kier alpha value is -2.23. The monoisotopic (exact) mass is 399 g/mol. The number of rotatable bonds is 6. The molecule has 0 aliphatic heterocycles. The van der Waals surface area contributed by atoms with Gasteiger partial charge in [-0.05, 0) is 55.1 Å². The van der Waals surface area contributed by atoms with Crippen LogP contribution < -0.4 is 5.32 Å². The summed E-state index contributed by atoms with van der Waals surface area (Å²) in [5.74, 6) is 0.935. The van der Waals surface area contributed by atoms with Gasteiger partial charge < -0.3 is 10.4 Å². The minimum Gasteiger partial charge on any atom is -0.393 e. The van der Waals surface area contributed by atoms with Crippen LogP contribution in [0.1, 0.15) is 49.9 Å². The van der Waals surface area contributed by atoms with Crippen LogP contribution in [0.25, 0.3) is 0 Å². The lowest BCUT2D eigenvalue weighted by Crippen LogP contribution is -2.37. The first-order valence-electron chi connectivity index (χ1n) is 9.65. The van der Waals surface area contributed by atoms with Crippen LogP contribution in [-0.2, 0) is 12.8 Å². The van der Waals surface area contributed by atoms with E-state index in [1.54, 1.807) is 18.6 Å². The fourth-order valence-corrected chi connectivity index (χ4v) is 4.07. The Bertz CT molecular complexity index is 864. The number of halogens is 1. The van der Waals surface area contributed by atoms with Crippen LogP contribution in [0, 0.1) is 22.7 Å². The average Bonchev–Trinajstić information content (AvgIpc) is 2.65. The summed E-state index contributed by atoms with van der Waals surface area (Å²) >= 11 is 5.96. The van der Waals surface area contributed by atoms with Crippen molar-refractivity contribution in [2.24, 2.45) is 11.3 Å². The van der Waals surface area contributed by atoms with E-state index in [2.05, 4.69) is 40.2 Å². The number of aliphatic hydroxyl groups excluding tert-OH is 1. The molecule has 0 unspecified atom stereocenters. The van der Waals surface area contributed by atoms with Crippen LogP contribution in [0.15, 0.2) is 24.7 Å². The van der Waals surface area contributed by atoms with E-state index in [4.69, 9.17) is 11.6 Å². The zero-order chi connectivity index (χ0) is 20.1. The highest BCUT2D eigenvalue weighted by atomic mass is 35.5. The fraction of sp³-hybridized carbons (Fsp3) is 0.524. The minimum atomic E-state index is -0.261. The van der Waals surface area contributed by atoms with Crippen molar-refractivity contribution in [2.75, 3.05) is 11.9 Å². The maximum Gasteiger partial charge on any atom is 0.222 e. The van der Waals surface area contributed by atoms with Gasteiger partial charge in [0.05, 0.1) is 28.6 Å². The average molecular weight is 400 g/mol. The molecule has 0 saturated heterocycles. The first kappa shape index (κ1) is 20.5. The molecule has 2 N–H and O–H groups in total. The van der Waals surface area contributed by atoms with Crippen LogP contribution in [-0.4, -0.2) is 32.7 Å². The second-order valence-electron chi connectivity index (χ2n) is 8.21. The molecule has 28 heavy (non-hydrogen) atoms. The number of nitrogens with zero attached hydrogens (tertiary/aromatic N) is 4. The summed E-state index contributed by atoms with van der Waals surface area (Å²) < 4.78 is 0. The first-order chi connectivity index (χ1) is 13.4. The van der Waals surface area contributed by atoms with Gasteiger partial charge in [-0.2, -0.15) is 5.26 Å². The number of nitriles is 1. The van der Waals surface area contributed by atoms with Crippen molar-refractivity contribution in [3.05, 3.63) is 46.5 Å². The number of aliphatic hydroxyl groups is 1. The number of nitrogens with one attached hydrogen (secondary N) is 1. The van der Waals surface area contributed by atoms with Gasteiger partial charge in [-0.3, -0.25) is 4.98 Å². The summed E-state index contributed by atoms with van der Waals surface area (Å²) in [5, 5.41) is 23.4. The predicted octanol–water partition coefficient (Wildman–Crippen LogP) is 3.78. The lowest BCUT2D eigenvalue weighted by atomic mass is 9.69. The minimum absolute atomic E-state index is 0.102. The predicted molar refractivity (Wildman–Crippen MR) is 109 cm³/mol. The number of pyridine rings is 1. The Morgan fingerprint density at radius 3 is 2.86 bits per heavy atom. The molecule has 0 amide bonds. The highest BCUT2D eigenvalue weighted by Gasteiger charge is 2.35. The van der Waals surface area contributed by atoms with E-state index in [0.717, 1.165) is 43.4 Å². The summed E-state index contributed by atoms with van der Waals surface area (Å²) in [6, 6.07) is 4.09. The standard InChI is InChI=1S/C21H26ClN5O/c1-21(2)9-14(3-4-19(21)28)8-18-16(10-23)12-26-20(27-18)25-6-5-15-7-17(22)13-24-11-15/h7,11-14,19,28H,3-6,8-9H2,1-2H3,(H,25,26,27)/t14-,19-/m0/s1. The van der Waals surface area contributed by atoms with Crippen molar-refractivity contribution < 1.29 is 5.11 Å². The lowest BCUT2D eigenvalue weighted by molar-refractivity contribution is -0.00748. The van der Waals surface area contributed by atoms with Gasteiger partial charge in [0.1, 0.15) is 6.07 Å². The van der Waals surface area contributed by atoms with Gasteiger partial charge in [0.2, 0.25) is 5.95 Å². The van der Waals surface area contributed by atoms with E-state index < -0.39 is 0 Å². The maximum atomic E-state index is 10.2. The van der Waals surface area contributed by atoms with Crippen molar-refractivity contribution in [1.82, 2.24) is 15.0 Å². The maximum absolute atomic E-state index is 10.2. The summed E-state index contributed by atoms with van der Waals surface area (Å²) in [6.07, 6.45) is 8.88. The molecule has 2 heterocycles. The molecule has 0 spiro atoms. The smallest absolute Gasteiger partial charge is 0.222 e. The van der Waals surface area contributed by atoms with E-state index in [1.165, 1.54) is 0 Å². The van der Waals surface area contributed by atoms with E-state index in [0.29, 0.717) is 29.0 Å². The van der Waals surface area contributed by atoms with E-state index in [-0.39, 0.29) is 11.5 Å². The van der Waals surface area contributed by atoms with Gasteiger partial charge in [0.15, 0.2) is 0 Å². The molecular weight excluding hydrogens is 374 g/mol. The number of anilines is 1. The number of hydrogen-bond donors (Lipinski definition) is 2. The molecule has 2 aromatic heterocycles. The Morgan fingerprint density at radius 2 is 2.14 bits per heavy atom. The van der Waals surface area contributed by atoms with E-state index in [1.807, 2.05) is 6.07 Å². The van der Waals surface area contributed by atoms with Gasteiger partial charge in [-0.25, -0.2) is 9.97 Å². The molecule has 1 fully saturated rings. The summed E-state index contributed by atoms with van der Waals surface area (Å²) in [4.78, 5) is 13.0. The Balaban J connectivity index is 1.64. The molecule has 6 nitrogen and oxygen atoms in total. The molecule has 3 rings (SSSR count). The highest BCUT2D eigenvalue weighted by Crippen LogP contribution is 2.40. The second kappa shape index (κ2) is 8.85. The van der Waals surface area contributed by atoms with Crippen LogP contribution in [0.3, 0.4) is 0 Å². The molecule has 7 heteroatoms. The SMILES string of the molecule is CC1(C)C[C@H](Cc2nc(NCCc3cncc(Cl)c3)ncc2C#N)CC[C@@H]1O. The molecule has 2 atom stereocenters. The molecule has 0 bridgehead atoms. The first-order valence-corrected chi connectivity index (χ1v) is 10.0. The molecule has 0 radical (unpaired) electrons. The van der Waals surface area contributed by atoms with Crippen molar-refractivity contribution in [1.29, 1.82) is 5.26 Å². The molecule has 1 aliphatic rings. The van der Waals surface area contributed by atoms with Crippen molar-refractivity contribution in [3.63, 3.8) is 0 Å². The number of aromatic nitrogens is 3. The van der Waals surface area contributed by atoms with E-state index in [9.17, 15) is 10.4 Å². The molecule has 1 saturated carbocycles. The van der Waals surface area contributed by atoms with Crippen LogP contribution >= 0.6 is 11.6 Å². The highest BCUT2D eigenvalue weighted by molar-refractivity contribution is 6.30. The van der Waals surface area contributed by atoms with Crippen LogP contribution in [0.2, 0.25) is 5.02 Å². The zero-order valence-electron chi connectivity index (χ0n) is 16.3. The van der Waals surface area contributed by atoms with Crippen molar-refractivity contribution in [3.8, 4) is 6.07 Å². The second-order valence-corrected chi connectivity index (χ2v) is 8.65. The van der Waals surface area contributed by atoms with Crippen LogP contribution in [0.4, 0.5) is 5.95 Å². The van der Waals surface area contributed by atoms with Gasteiger partial charge in [-0.15, -0.1) is 0 Å². The third-order valence-corrected chi connectivity index (χ3v) is 5.70. The van der Waals surface area contributed by atoms with Gasteiger partial charge in [0.25, 0.3) is 0 Å². The summed E-state index contributed by atoms with van der Waals surface area (Å²) in [7, 11) is 0. The zero-order valence-corrected chi connectivity index (χ0v) is 17.1. The molecule has 1 aliphatic carbocycles. The Kier molecular flexibility index (Phi) is 6.48. The fourth-order valence-electron chi connectivity index (χ4n) is 3.88. The topological polar surface area (TPSA) is 94.7 Å². The van der Waals surface area contributed by atoms with E-state index >= 15 is 0 Å². The lowest BCUT2D eigenvalue weighted by Gasteiger charge is -2.39. The van der Waals surface area contributed by atoms with Crippen molar-refractivity contribution >= 4 is 17.5 Å². The molecule has 148 valence electrons. The van der Waals surface area contributed by atoms with Gasteiger partial charge >= 0.3 is 0 Å². The Morgan fingerprint density at radius 1 is 1.32 bits per heavy atom.